The molecule has 2 rings (SSSR count). The van der Waals surface area contributed by atoms with Gasteiger partial charge >= 0.3 is 0 Å². The summed E-state index contributed by atoms with van der Waals surface area (Å²) in [5.74, 6) is -2.22. The first-order valence-electron chi connectivity index (χ1n) is 5.59. The molecule has 19 heavy (non-hydrogen) atoms. The van der Waals surface area contributed by atoms with E-state index in [1.165, 1.54) is 0 Å². The van der Waals surface area contributed by atoms with E-state index >= 15 is 0 Å². The fourth-order valence-electron chi connectivity index (χ4n) is 1.66. The van der Waals surface area contributed by atoms with Gasteiger partial charge in [-0.05, 0) is 36.8 Å². The number of carbonyl (C=O) groups excluding carboxylic acids is 1. The van der Waals surface area contributed by atoms with Gasteiger partial charge in [-0.2, -0.15) is 0 Å². The summed E-state index contributed by atoms with van der Waals surface area (Å²) >= 11 is 0. The van der Waals surface area contributed by atoms with E-state index in [2.05, 4.69) is 5.32 Å². The molecular formula is C14H12F2N2O. The summed E-state index contributed by atoms with van der Waals surface area (Å²) < 4.78 is 26.1. The normalized spacial score (nSPS) is 10.3. The minimum atomic E-state index is -0.803. The summed E-state index contributed by atoms with van der Waals surface area (Å²) in [6.07, 6.45) is 0. The second kappa shape index (κ2) is 5.06. The molecule has 0 bridgehead atoms. The van der Waals surface area contributed by atoms with E-state index in [-0.39, 0.29) is 5.56 Å². The van der Waals surface area contributed by atoms with Crippen molar-refractivity contribution in [2.45, 2.75) is 6.92 Å². The van der Waals surface area contributed by atoms with Crippen LogP contribution < -0.4 is 11.1 Å². The molecule has 0 aliphatic rings. The summed E-state index contributed by atoms with van der Waals surface area (Å²) in [4.78, 5) is 11.9. The summed E-state index contributed by atoms with van der Waals surface area (Å²) in [7, 11) is 0. The Labute approximate surface area is 109 Å². The van der Waals surface area contributed by atoms with Crippen molar-refractivity contribution in [2.75, 3.05) is 11.1 Å². The van der Waals surface area contributed by atoms with Crippen LogP contribution in [0.2, 0.25) is 0 Å². The molecule has 98 valence electrons. The van der Waals surface area contributed by atoms with Crippen LogP contribution in [0.5, 0.6) is 0 Å². The van der Waals surface area contributed by atoms with E-state index in [1.807, 2.05) is 6.92 Å². The number of nitrogen functional groups attached to an aromatic ring is 1. The number of hydrogen-bond donors (Lipinski definition) is 2. The number of aryl methyl sites for hydroxylation is 1. The molecule has 0 fully saturated rings. The van der Waals surface area contributed by atoms with Crippen molar-refractivity contribution in [3.05, 3.63) is 59.2 Å². The molecule has 0 unspecified atom stereocenters. The fraction of sp³-hybridized carbons (Fsp3) is 0.0714. The number of nitrogens with one attached hydrogen (secondary N) is 1. The monoisotopic (exact) mass is 262 g/mol. The standard InChI is InChI=1S/C14H12F2N2O/c1-8-2-3-12(17)13(4-8)18-14(19)9-5-10(15)7-11(16)6-9/h2-7H,17H2,1H3,(H,18,19). The van der Waals surface area contributed by atoms with Gasteiger partial charge in [-0.1, -0.05) is 6.07 Å². The van der Waals surface area contributed by atoms with Gasteiger partial charge in [0.1, 0.15) is 11.6 Å². The third-order valence-electron chi connectivity index (χ3n) is 2.58. The van der Waals surface area contributed by atoms with Crippen molar-refractivity contribution in [1.82, 2.24) is 0 Å². The van der Waals surface area contributed by atoms with Crippen molar-refractivity contribution in [2.24, 2.45) is 0 Å². The van der Waals surface area contributed by atoms with E-state index in [0.717, 1.165) is 17.7 Å². The summed E-state index contributed by atoms with van der Waals surface area (Å²) in [5, 5.41) is 2.52. The lowest BCUT2D eigenvalue weighted by Gasteiger charge is -2.09. The first kappa shape index (κ1) is 13.0. The maximum Gasteiger partial charge on any atom is 0.255 e. The molecule has 0 aliphatic heterocycles. The molecule has 2 aromatic rings. The number of nitrogens with two attached hydrogens (primary N) is 1. The van der Waals surface area contributed by atoms with Crippen LogP contribution in [0.25, 0.3) is 0 Å². The molecule has 0 heterocycles. The van der Waals surface area contributed by atoms with Gasteiger partial charge in [0.25, 0.3) is 5.91 Å². The molecule has 0 aromatic heterocycles. The highest BCUT2D eigenvalue weighted by molar-refractivity contribution is 6.05. The quantitative estimate of drug-likeness (QED) is 0.817. The molecule has 3 N–H and O–H groups in total. The Kier molecular flexibility index (Phi) is 3.46. The molecular weight excluding hydrogens is 250 g/mol. The Morgan fingerprint density at radius 1 is 1.11 bits per heavy atom. The highest BCUT2D eigenvalue weighted by Crippen LogP contribution is 2.20. The van der Waals surface area contributed by atoms with Crippen molar-refractivity contribution in [3.63, 3.8) is 0 Å². The molecule has 5 heteroatoms. The fourth-order valence-corrected chi connectivity index (χ4v) is 1.66. The lowest BCUT2D eigenvalue weighted by atomic mass is 10.1. The minimum absolute atomic E-state index is 0.0987. The molecule has 2 aromatic carbocycles. The zero-order valence-electron chi connectivity index (χ0n) is 10.2. The number of rotatable bonds is 2. The topological polar surface area (TPSA) is 55.1 Å². The lowest BCUT2D eigenvalue weighted by Crippen LogP contribution is -2.14. The second-order valence-corrected chi connectivity index (χ2v) is 4.20. The van der Waals surface area contributed by atoms with E-state index in [4.69, 9.17) is 5.73 Å². The van der Waals surface area contributed by atoms with Crippen molar-refractivity contribution < 1.29 is 13.6 Å². The maximum atomic E-state index is 13.0. The molecule has 0 saturated heterocycles. The molecule has 0 atom stereocenters. The predicted octanol–water partition coefficient (Wildman–Crippen LogP) is 3.11. The summed E-state index contributed by atoms with van der Waals surface area (Å²) in [5.41, 5.74) is 7.32. The first-order valence-corrected chi connectivity index (χ1v) is 5.59. The average Bonchev–Trinajstić information content (AvgIpc) is 2.32. The number of halogens is 2. The minimum Gasteiger partial charge on any atom is -0.397 e. The third-order valence-corrected chi connectivity index (χ3v) is 2.58. The van der Waals surface area contributed by atoms with Gasteiger partial charge in [-0.15, -0.1) is 0 Å². The predicted molar refractivity (Wildman–Crippen MR) is 69.9 cm³/mol. The SMILES string of the molecule is Cc1ccc(N)c(NC(=O)c2cc(F)cc(F)c2)c1. The van der Waals surface area contributed by atoms with Crippen molar-refractivity contribution in [1.29, 1.82) is 0 Å². The molecule has 3 nitrogen and oxygen atoms in total. The van der Waals surface area contributed by atoms with Gasteiger partial charge in [0.05, 0.1) is 11.4 Å². The smallest absolute Gasteiger partial charge is 0.255 e. The lowest BCUT2D eigenvalue weighted by molar-refractivity contribution is 0.102. The Hall–Kier alpha value is -2.43. The highest BCUT2D eigenvalue weighted by atomic mass is 19.1. The highest BCUT2D eigenvalue weighted by Gasteiger charge is 2.11. The van der Waals surface area contributed by atoms with E-state index < -0.39 is 17.5 Å². The van der Waals surface area contributed by atoms with Crippen LogP contribution in [0.4, 0.5) is 20.2 Å². The van der Waals surface area contributed by atoms with Gasteiger partial charge in [0, 0.05) is 11.6 Å². The zero-order valence-corrected chi connectivity index (χ0v) is 10.2. The number of amides is 1. The van der Waals surface area contributed by atoms with Crippen LogP contribution in [0.3, 0.4) is 0 Å². The van der Waals surface area contributed by atoms with E-state index in [1.54, 1.807) is 18.2 Å². The Morgan fingerprint density at radius 3 is 2.37 bits per heavy atom. The average molecular weight is 262 g/mol. The number of carbonyl (C=O) groups is 1. The van der Waals surface area contributed by atoms with Gasteiger partial charge in [0.2, 0.25) is 0 Å². The summed E-state index contributed by atoms with van der Waals surface area (Å²) in [6, 6.07) is 7.76. The van der Waals surface area contributed by atoms with Crippen molar-refractivity contribution in [3.8, 4) is 0 Å². The number of hydrogen-bond acceptors (Lipinski definition) is 2. The Bertz CT molecular complexity index is 621. The van der Waals surface area contributed by atoms with E-state index in [9.17, 15) is 13.6 Å². The van der Waals surface area contributed by atoms with Gasteiger partial charge in [-0.3, -0.25) is 4.79 Å². The molecule has 1 amide bonds. The van der Waals surface area contributed by atoms with Gasteiger partial charge in [-0.25, -0.2) is 8.78 Å². The number of anilines is 2. The Morgan fingerprint density at radius 2 is 1.74 bits per heavy atom. The first-order chi connectivity index (χ1) is 8.95. The third kappa shape index (κ3) is 3.07. The van der Waals surface area contributed by atoms with Crippen LogP contribution in [0.1, 0.15) is 15.9 Å². The van der Waals surface area contributed by atoms with Crippen LogP contribution in [0, 0.1) is 18.6 Å². The largest absolute Gasteiger partial charge is 0.397 e. The maximum absolute atomic E-state index is 13.0. The van der Waals surface area contributed by atoms with Crippen LogP contribution >= 0.6 is 0 Å². The van der Waals surface area contributed by atoms with E-state index in [0.29, 0.717) is 17.4 Å². The Balaban J connectivity index is 2.28. The molecule has 0 spiro atoms. The van der Waals surface area contributed by atoms with Gasteiger partial charge < -0.3 is 11.1 Å². The zero-order chi connectivity index (χ0) is 14.0. The van der Waals surface area contributed by atoms with Crippen molar-refractivity contribution >= 4 is 17.3 Å². The summed E-state index contributed by atoms with van der Waals surface area (Å²) in [6.45, 7) is 1.84. The molecule has 0 saturated carbocycles. The second-order valence-electron chi connectivity index (χ2n) is 4.20. The molecule has 0 aliphatic carbocycles. The number of benzene rings is 2. The van der Waals surface area contributed by atoms with Crippen LogP contribution in [-0.4, -0.2) is 5.91 Å². The van der Waals surface area contributed by atoms with Gasteiger partial charge in [0.15, 0.2) is 0 Å². The van der Waals surface area contributed by atoms with Crippen LogP contribution in [0.15, 0.2) is 36.4 Å². The van der Waals surface area contributed by atoms with Crippen LogP contribution in [-0.2, 0) is 0 Å². The molecule has 0 radical (unpaired) electrons.